The molecule has 20 heavy (non-hydrogen) atoms. The van der Waals surface area contributed by atoms with Crippen molar-refractivity contribution >= 4 is 0 Å². The van der Waals surface area contributed by atoms with Crippen molar-refractivity contribution < 1.29 is 14.2 Å². The van der Waals surface area contributed by atoms with E-state index < -0.39 is 6.10 Å². The fraction of sp³-hybridized carbons (Fsp3) is 0.647. The van der Waals surface area contributed by atoms with E-state index in [-0.39, 0.29) is 11.4 Å². The summed E-state index contributed by atoms with van der Waals surface area (Å²) in [5.74, 6) is 1.64. The van der Waals surface area contributed by atoms with Crippen molar-refractivity contribution in [1.29, 1.82) is 0 Å². The highest BCUT2D eigenvalue weighted by atomic mass is 19.1. The van der Waals surface area contributed by atoms with Crippen molar-refractivity contribution in [2.75, 3.05) is 0 Å². The molecule has 3 heteroatoms. The molecule has 0 aromatic heterocycles. The maximum Gasteiger partial charge on any atom is 0.126 e. The van der Waals surface area contributed by atoms with Crippen LogP contribution in [-0.4, -0.2) is 10.7 Å². The topological polar surface area (TPSA) is 29.5 Å². The smallest absolute Gasteiger partial charge is 0.126 e. The predicted octanol–water partition coefficient (Wildman–Crippen LogP) is 4.23. The van der Waals surface area contributed by atoms with Crippen LogP contribution in [0.5, 0.6) is 5.75 Å². The Morgan fingerprint density at radius 3 is 2.90 bits per heavy atom. The molecule has 110 valence electrons. The van der Waals surface area contributed by atoms with Gasteiger partial charge in [-0.1, -0.05) is 13.8 Å². The van der Waals surface area contributed by atoms with Crippen LogP contribution in [0.1, 0.15) is 57.6 Å². The van der Waals surface area contributed by atoms with Gasteiger partial charge in [0, 0.05) is 12.0 Å². The van der Waals surface area contributed by atoms with Crippen molar-refractivity contribution in [2.45, 2.75) is 57.7 Å². The number of fused-ring (bicyclic) bond motifs is 1. The zero-order valence-electron chi connectivity index (χ0n) is 12.2. The molecule has 3 atom stereocenters. The highest BCUT2D eigenvalue weighted by Gasteiger charge is 2.44. The standard InChI is InChI=1S/C17H23FO2/c1-11(2)12-4-3-7-17(9-12)10-15(19)14-8-13(18)5-6-16(14)20-17/h5-6,8,11-12,15,19H,3-4,7,9-10H2,1-2H3. The summed E-state index contributed by atoms with van der Waals surface area (Å²) >= 11 is 0. The number of benzene rings is 1. The van der Waals surface area contributed by atoms with Crippen LogP contribution in [0.4, 0.5) is 4.39 Å². The van der Waals surface area contributed by atoms with Crippen molar-refractivity contribution in [3.05, 3.63) is 29.6 Å². The van der Waals surface area contributed by atoms with Crippen LogP contribution >= 0.6 is 0 Å². The molecule has 0 amide bonds. The minimum absolute atomic E-state index is 0.253. The number of rotatable bonds is 1. The van der Waals surface area contributed by atoms with Gasteiger partial charge in [0.25, 0.3) is 0 Å². The molecule has 1 heterocycles. The van der Waals surface area contributed by atoms with Gasteiger partial charge >= 0.3 is 0 Å². The van der Waals surface area contributed by atoms with Gasteiger partial charge in [0.2, 0.25) is 0 Å². The molecule has 2 nitrogen and oxygen atoms in total. The summed E-state index contributed by atoms with van der Waals surface area (Å²) in [4.78, 5) is 0. The van der Waals surface area contributed by atoms with Gasteiger partial charge in [-0.15, -0.1) is 0 Å². The summed E-state index contributed by atoms with van der Waals surface area (Å²) in [6.45, 7) is 4.51. The molecule has 3 unspecified atom stereocenters. The van der Waals surface area contributed by atoms with Crippen molar-refractivity contribution in [3.63, 3.8) is 0 Å². The van der Waals surface area contributed by atoms with E-state index in [1.165, 1.54) is 18.6 Å². The molecule has 1 aromatic carbocycles. The number of aliphatic hydroxyl groups is 1. The predicted molar refractivity (Wildman–Crippen MR) is 76.1 cm³/mol. The maximum absolute atomic E-state index is 13.3. The maximum atomic E-state index is 13.3. The van der Waals surface area contributed by atoms with Gasteiger partial charge in [0.1, 0.15) is 17.2 Å². The molecule has 0 bridgehead atoms. The first-order valence-electron chi connectivity index (χ1n) is 7.66. The quantitative estimate of drug-likeness (QED) is 0.833. The van der Waals surface area contributed by atoms with Crippen molar-refractivity contribution in [2.24, 2.45) is 11.8 Å². The molecule has 3 rings (SSSR count). The van der Waals surface area contributed by atoms with Gasteiger partial charge in [0.15, 0.2) is 0 Å². The fourth-order valence-electron chi connectivity index (χ4n) is 3.83. The first-order chi connectivity index (χ1) is 9.49. The van der Waals surface area contributed by atoms with E-state index in [0.29, 0.717) is 29.6 Å². The third-order valence-electron chi connectivity index (χ3n) is 5.01. The zero-order valence-corrected chi connectivity index (χ0v) is 12.2. The third kappa shape index (κ3) is 2.44. The van der Waals surface area contributed by atoms with Crippen LogP contribution in [0.3, 0.4) is 0 Å². The second-order valence-electron chi connectivity index (χ2n) is 6.79. The van der Waals surface area contributed by atoms with Gasteiger partial charge in [-0.25, -0.2) is 4.39 Å². The lowest BCUT2D eigenvalue weighted by molar-refractivity contribution is -0.0574. The summed E-state index contributed by atoms with van der Waals surface area (Å²) in [6.07, 6.45) is 4.36. The van der Waals surface area contributed by atoms with Gasteiger partial charge < -0.3 is 9.84 Å². The average Bonchev–Trinajstić information content (AvgIpc) is 2.40. The summed E-state index contributed by atoms with van der Waals surface area (Å²) < 4.78 is 19.5. The molecular formula is C17H23FO2. The van der Waals surface area contributed by atoms with E-state index in [1.807, 2.05) is 0 Å². The number of aliphatic hydroxyl groups excluding tert-OH is 1. The SMILES string of the molecule is CC(C)C1CCCC2(CC(O)c3cc(F)ccc3O2)C1. The normalized spacial score (nSPS) is 33.0. The Bertz CT molecular complexity index is 500. The van der Waals surface area contributed by atoms with E-state index in [4.69, 9.17) is 4.74 Å². The molecule has 1 spiro atoms. The molecule has 1 saturated carbocycles. The van der Waals surface area contributed by atoms with Crippen LogP contribution in [0, 0.1) is 17.7 Å². The highest BCUT2D eigenvalue weighted by molar-refractivity contribution is 5.38. The Morgan fingerprint density at radius 2 is 2.15 bits per heavy atom. The monoisotopic (exact) mass is 278 g/mol. The molecule has 1 fully saturated rings. The molecule has 0 radical (unpaired) electrons. The lowest BCUT2D eigenvalue weighted by atomic mass is 9.70. The van der Waals surface area contributed by atoms with Gasteiger partial charge in [-0.05, 0) is 55.7 Å². The summed E-state index contributed by atoms with van der Waals surface area (Å²) in [6, 6.07) is 4.47. The van der Waals surface area contributed by atoms with E-state index in [9.17, 15) is 9.50 Å². The fourth-order valence-corrected chi connectivity index (χ4v) is 3.83. The largest absolute Gasteiger partial charge is 0.487 e. The third-order valence-corrected chi connectivity index (χ3v) is 5.01. The Morgan fingerprint density at radius 1 is 1.35 bits per heavy atom. The minimum atomic E-state index is -0.611. The Balaban J connectivity index is 1.88. The van der Waals surface area contributed by atoms with Crippen LogP contribution in [0.2, 0.25) is 0 Å². The molecule has 2 aliphatic rings. The lowest BCUT2D eigenvalue weighted by Crippen LogP contribution is -2.45. The van der Waals surface area contributed by atoms with E-state index in [2.05, 4.69) is 13.8 Å². The van der Waals surface area contributed by atoms with Gasteiger partial charge in [0.05, 0.1) is 6.10 Å². The minimum Gasteiger partial charge on any atom is -0.487 e. The molecule has 0 saturated heterocycles. The van der Waals surface area contributed by atoms with Gasteiger partial charge in [-0.2, -0.15) is 0 Å². The zero-order chi connectivity index (χ0) is 14.3. The summed E-state index contributed by atoms with van der Waals surface area (Å²) in [5, 5.41) is 10.4. The van der Waals surface area contributed by atoms with Crippen molar-refractivity contribution in [1.82, 2.24) is 0 Å². The lowest BCUT2D eigenvalue weighted by Gasteiger charge is -2.46. The number of ether oxygens (including phenoxy) is 1. The first kappa shape index (κ1) is 13.9. The Hall–Kier alpha value is -1.09. The molecule has 1 aliphatic carbocycles. The van der Waals surface area contributed by atoms with E-state index in [0.717, 1.165) is 19.3 Å². The second kappa shape index (κ2) is 5.03. The summed E-state index contributed by atoms with van der Waals surface area (Å²) in [7, 11) is 0. The molecule has 1 aliphatic heterocycles. The first-order valence-corrected chi connectivity index (χ1v) is 7.66. The van der Waals surface area contributed by atoms with E-state index in [1.54, 1.807) is 6.07 Å². The number of hydrogen-bond donors (Lipinski definition) is 1. The highest BCUT2D eigenvalue weighted by Crippen LogP contribution is 2.48. The average molecular weight is 278 g/mol. The molecule has 1 N–H and O–H groups in total. The second-order valence-corrected chi connectivity index (χ2v) is 6.79. The molecular weight excluding hydrogens is 255 g/mol. The number of halogens is 1. The van der Waals surface area contributed by atoms with Crippen LogP contribution < -0.4 is 4.74 Å². The van der Waals surface area contributed by atoms with Crippen LogP contribution in [0.15, 0.2) is 18.2 Å². The Labute approximate surface area is 120 Å². The van der Waals surface area contributed by atoms with Crippen LogP contribution in [0.25, 0.3) is 0 Å². The molecule has 1 aromatic rings. The van der Waals surface area contributed by atoms with Crippen molar-refractivity contribution in [3.8, 4) is 5.75 Å². The van der Waals surface area contributed by atoms with E-state index >= 15 is 0 Å². The van der Waals surface area contributed by atoms with Crippen LogP contribution in [-0.2, 0) is 0 Å². The Kier molecular flexibility index (Phi) is 3.49. The number of hydrogen-bond acceptors (Lipinski definition) is 2. The van der Waals surface area contributed by atoms with Gasteiger partial charge in [-0.3, -0.25) is 0 Å². The summed E-state index contributed by atoms with van der Waals surface area (Å²) in [5.41, 5.74) is 0.347.